The Bertz CT molecular complexity index is 990. The molecule has 3 rings (SSSR count). The van der Waals surface area contributed by atoms with Crippen molar-refractivity contribution >= 4 is 40.6 Å². The van der Waals surface area contributed by atoms with Crippen LogP contribution >= 0.6 is 24.0 Å². The SMILES string of the molecule is CC[C@H](N)c1nc2cccc(Cl)c2c(=O)n1Nc1cc(F)cc(F)c1.Cl. The first kappa shape index (κ1) is 20.1. The number of nitrogens with zero attached hydrogens (tertiary/aromatic N) is 2. The molecule has 1 atom stereocenters. The van der Waals surface area contributed by atoms with Crippen LogP contribution in [0.4, 0.5) is 14.5 Å². The molecule has 0 fully saturated rings. The Morgan fingerprint density at radius 3 is 2.54 bits per heavy atom. The summed E-state index contributed by atoms with van der Waals surface area (Å²) >= 11 is 6.12. The summed E-state index contributed by atoms with van der Waals surface area (Å²) < 4.78 is 28.0. The van der Waals surface area contributed by atoms with E-state index in [1.165, 1.54) is 0 Å². The number of nitrogens with one attached hydrogen (secondary N) is 1. The van der Waals surface area contributed by atoms with Crippen molar-refractivity contribution in [2.45, 2.75) is 19.4 Å². The maximum absolute atomic E-state index is 13.4. The second-order valence-corrected chi connectivity index (χ2v) is 5.94. The van der Waals surface area contributed by atoms with Crippen molar-refractivity contribution < 1.29 is 8.78 Å². The number of anilines is 1. The van der Waals surface area contributed by atoms with Gasteiger partial charge in [-0.2, -0.15) is 0 Å². The van der Waals surface area contributed by atoms with Gasteiger partial charge >= 0.3 is 0 Å². The normalized spacial score (nSPS) is 11.9. The van der Waals surface area contributed by atoms with Crippen molar-refractivity contribution in [3.8, 4) is 0 Å². The van der Waals surface area contributed by atoms with Gasteiger partial charge in [0.15, 0.2) is 0 Å². The topological polar surface area (TPSA) is 72.9 Å². The van der Waals surface area contributed by atoms with Crippen LogP contribution < -0.4 is 16.7 Å². The van der Waals surface area contributed by atoms with Gasteiger partial charge in [0.05, 0.1) is 27.7 Å². The van der Waals surface area contributed by atoms with Gasteiger partial charge in [-0.1, -0.05) is 24.6 Å². The molecule has 0 unspecified atom stereocenters. The zero-order valence-corrected chi connectivity index (χ0v) is 15.2. The molecule has 0 radical (unpaired) electrons. The Labute approximate surface area is 159 Å². The molecule has 0 spiro atoms. The van der Waals surface area contributed by atoms with Crippen LogP contribution in [0.2, 0.25) is 5.02 Å². The lowest BCUT2D eigenvalue weighted by molar-refractivity contribution is 0.581. The Morgan fingerprint density at radius 2 is 1.92 bits per heavy atom. The molecule has 3 aromatic rings. The third-order valence-corrected chi connectivity index (χ3v) is 4.06. The van der Waals surface area contributed by atoms with Crippen molar-refractivity contribution in [3.05, 3.63) is 69.2 Å². The summed E-state index contributed by atoms with van der Waals surface area (Å²) in [5.74, 6) is -1.31. The molecule has 3 N–H and O–H groups in total. The van der Waals surface area contributed by atoms with Crippen LogP contribution in [0.1, 0.15) is 25.2 Å². The average Bonchev–Trinajstić information content (AvgIpc) is 2.55. The minimum Gasteiger partial charge on any atom is -0.321 e. The van der Waals surface area contributed by atoms with Crippen molar-refractivity contribution in [1.29, 1.82) is 0 Å². The van der Waals surface area contributed by atoms with E-state index in [0.29, 0.717) is 11.9 Å². The van der Waals surface area contributed by atoms with Crippen LogP contribution in [-0.4, -0.2) is 9.66 Å². The second kappa shape index (κ2) is 7.99. The van der Waals surface area contributed by atoms with Gasteiger partial charge in [-0.3, -0.25) is 10.2 Å². The zero-order valence-electron chi connectivity index (χ0n) is 13.7. The number of aromatic nitrogens is 2. The van der Waals surface area contributed by atoms with E-state index in [2.05, 4.69) is 10.4 Å². The van der Waals surface area contributed by atoms with E-state index in [0.717, 1.165) is 22.9 Å². The fourth-order valence-corrected chi connectivity index (χ4v) is 2.74. The third kappa shape index (κ3) is 3.80. The molecular formula is C17H16Cl2F2N4O. The van der Waals surface area contributed by atoms with E-state index in [9.17, 15) is 13.6 Å². The lowest BCUT2D eigenvalue weighted by Crippen LogP contribution is -2.34. The first-order valence-electron chi connectivity index (χ1n) is 7.60. The Kier molecular flexibility index (Phi) is 6.17. The summed E-state index contributed by atoms with van der Waals surface area (Å²) in [5.41, 5.74) is 8.70. The highest BCUT2D eigenvalue weighted by Gasteiger charge is 2.18. The largest absolute Gasteiger partial charge is 0.321 e. The van der Waals surface area contributed by atoms with Crippen molar-refractivity contribution in [1.82, 2.24) is 9.66 Å². The van der Waals surface area contributed by atoms with Gasteiger partial charge < -0.3 is 5.73 Å². The minimum absolute atomic E-state index is 0. The summed E-state index contributed by atoms with van der Waals surface area (Å²) in [4.78, 5) is 17.3. The molecule has 26 heavy (non-hydrogen) atoms. The van der Waals surface area contributed by atoms with Crippen LogP contribution in [0.25, 0.3) is 10.9 Å². The molecule has 1 heterocycles. The summed E-state index contributed by atoms with van der Waals surface area (Å²) in [6.07, 6.45) is 0.512. The number of fused-ring (bicyclic) bond motifs is 1. The molecule has 0 saturated heterocycles. The van der Waals surface area contributed by atoms with Crippen molar-refractivity contribution in [2.24, 2.45) is 5.73 Å². The predicted molar refractivity (Wildman–Crippen MR) is 101 cm³/mol. The molecule has 138 valence electrons. The van der Waals surface area contributed by atoms with Gasteiger partial charge in [0.25, 0.3) is 5.56 Å². The van der Waals surface area contributed by atoms with Gasteiger partial charge in [-0.25, -0.2) is 18.4 Å². The highest BCUT2D eigenvalue weighted by molar-refractivity contribution is 6.35. The van der Waals surface area contributed by atoms with Gasteiger partial charge in [0.1, 0.15) is 17.5 Å². The van der Waals surface area contributed by atoms with Crippen molar-refractivity contribution in [3.63, 3.8) is 0 Å². The van der Waals surface area contributed by atoms with Gasteiger partial charge in [-0.05, 0) is 30.7 Å². The van der Waals surface area contributed by atoms with E-state index in [-0.39, 0.29) is 34.3 Å². The van der Waals surface area contributed by atoms with Crippen LogP contribution in [0, 0.1) is 11.6 Å². The fraction of sp³-hybridized carbons (Fsp3) is 0.176. The highest BCUT2D eigenvalue weighted by Crippen LogP contribution is 2.21. The molecule has 1 aromatic heterocycles. The molecule has 0 aliphatic rings. The van der Waals surface area contributed by atoms with E-state index in [4.69, 9.17) is 17.3 Å². The number of benzene rings is 2. The van der Waals surface area contributed by atoms with Crippen molar-refractivity contribution in [2.75, 3.05) is 5.43 Å². The third-order valence-electron chi connectivity index (χ3n) is 3.75. The maximum Gasteiger partial charge on any atom is 0.281 e. The van der Waals surface area contributed by atoms with Crippen LogP contribution in [0.15, 0.2) is 41.2 Å². The van der Waals surface area contributed by atoms with E-state index >= 15 is 0 Å². The summed E-state index contributed by atoms with van der Waals surface area (Å²) in [6.45, 7) is 1.84. The fourth-order valence-electron chi connectivity index (χ4n) is 2.49. The van der Waals surface area contributed by atoms with Crippen LogP contribution in [0.3, 0.4) is 0 Å². The van der Waals surface area contributed by atoms with E-state index < -0.39 is 23.2 Å². The lowest BCUT2D eigenvalue weighted by atomic mass is 10.2. The zero-order chi connectivity index (χ0) is 18.1. The predicted octanol–water partition coefficient (Wildman–Crippen LogP) is 4.03. The highest BCUT2D eigenvalue weighted by atomic mass is 35.5. The molecule has 0 amide bonds. The average molecular weight is 401 g/mol. The molecule has 5 nitrogen and oxygen atoms in total. The standard InChI is InChI=1S/C17H15ClF2N4O.ClH/c1-2-13(21)16-22-14-5-3-4-12(18)15(14)17(25)24(16)23-11-7-9(19)6-10(20)8-11;/h3-8,13,23H,2,21H2,1H3;1H/t13-;/m0./s1. The Morgan fingerprint density at radius 1 is 1.27 bits per heavy atom. The number of hydrogen-bond donors (Lipinski definition) is 2. The lowest BCUT2D eigenvalue weighted by Gasteiger charge is -2.19. The molecule has 2 aromatic carbocycles. The quantitative estimate of drug-likeness (QED) is 0.692. The van der Waals surface area contributed by atoms with E-state index in [1.54, 1.807) is 18.2 Å². The van der Waals surface area contributed by atoms with Gasteiger partial charge in [-0.15, -0.1) is 12.4 Å². The van der Waals surface area contributed by atoms with Crippen LogP contribution in [-0.2, 0) is 0 Å². The second-order valence-electron chi connectivity index (χ2n) is 5.53. The van der Waals surface area contributed by atoms with Crippen LogP contribution in [0.5, 0.6) is 0 Å². The number of rotatable bonds is 4. The van der Waals surface area contributed by atoms with Gasteiger partial charge in [0, 0.05) is 6.07 Å². The molecule has 0 saturated carbocycles. The first-order valence-corrected chi connectivity index (χ1v) is 7.98. The summed E-state index contributed by atoms with van der Waals surface area (Å²) in [7, 11) is 0. The van der Waals surface area contributed by atoms with Gasteiger partial charge in [0.2, 0.25) is 0 Å². The minimum atomic E-state index is -0.774. The molecular weight excluding hydrogens is 385 g/mol. The maximum atomic E-state index is 13.4. The Balaban J connectivity index is 0.00000243. The molecule has 9 heteroatoms. The smallest absolute Gasteiger partial charge is 0.281 e. The summed E-state index contributed by atoms with van der Waals surface area (Å²) in [6, 6.07) is 7.21. The number of halogens is 4. The Hall–Kier alpha value is -2.22. The summed E-state index contributed by atoms with van der Waals surface area (Å²) in [5, 5.41) is 0.424. The number of nitrogens with two attached hydrogens (primary N) is 1. The molecule has 0 aliphatic carbocycles. The number of hydrogen-bond acceptors (Lipinski definition) is 4. The monoisotopic (exact) mass is 400 g/mol. The molecule has 0 aliphatic heterocycles. The molecule has 0 bridgehead atoms. The first-order chi connectivity index (χ1) is 11.9. The van der Waals surface area contributed by atoms with E-state index in [1.807, 2.05) is 6.92 Å².